The summed E-state index contributed by atoms with van der Waals surface area (Å²) in [7, 11) is 0. The minimum atomic E-state index is -2.08. The Kier molecular flexibility index (Phi) is 5.76. The number of hydrogen-bond donors (Lipinski definition) is 3. The van der Waals surface area contributed by atoms with Crippen molar-refractivity contribution in [1.82, 2.24) is 20.1 Å². The van der Waals surface area contributed by atoms with Gasteiger partial charge in [0.25, 0.3) is 5.91 Å². The molecule has 2 rings (SSSR count). The van der Waals surface area contributed by atoms with Gasteiger partial charge >= 0.3 is 5.97 Å². The Bertz CT molecular complexity index is 788. The predicted octanol–water partition coefficient (Wildman–Crippen LogP) is 1.44. The van der Waals surface area contributed by atoms with Crippen LogP contribution in [0.25, 0.3) is 5.69 Å². The van der Waals surface area contributed by atoms with Gasteiger partial charge in [0.05, 0.1) is 17.3 Å². The van der Waals surface area contributed by atoms with E-state index in [-0.39, 0.29) is 5.82 Å². The van der Waals surface area contributed by atoms with Crippen LogP contribution < -0.4 is 5.32 Å². The highest BCUT2D eigenvalue weighted by molar-refractivity contribution is 6.32. The van der Waals surface area contributed by atoms with Gasteiger partial charge in [0.1, 0.15) is 5.82 Å². The van der Waals surface area contributed by atoms with Gasteiger partial charge in [0, 0.05) is 6.42 Å². The number of aromatic nitrogens is 3. The van der Waals surface area contributed by atoms with Crippen molar-refractivity contribution in [1.29, 1.82) is 0 Å². The van der Waals surface area contributed by atoms with Crippen LogP contribution in [0.1, 0.15) is 36.7 Å². The van der Waals surface area contributed by atoms with Gasteiger partial charge in [-0.05, 0) is 25.5 Å². The lowest BCUT2D eigenvalue weighted by molar-refractivity contribution is -0.155. The van der Waals surface area contributed by atoms with E-state index in [1.165, 1.54) is 4.68 Å². The molecule has 0 radical (unpaired) electrons. The Morgan fingerprint density at radius 2 is 2.04 bits per heavy atom. The summed E-state index contributed by atoms with van der Waals surface area (Å²) in [6.07, 6.45) is 1.37. The Morgan fingerprint density at radius 1 is 1.36 bits per heavy atom. The Balaban J connectivity index is 2.28. The summed E-state index contributed by atoms with van der Waals surface area (Å²) in [5.41, 5.74) is -1.48. The lowest BCUT2D eigenvalue weighted by Gasteiger charge is -2.17. The number of para-hydroxylation sites is 1. The van der Waals surface area contributed by atoms with Crippen LogP contribution in [0.2, 0.25) is 5.02 Å². The molecule has 2 aromatic rings. The van der Waals surface area contributed by atoms with Crippen molar-refractivity contribution in [2.24, 2.45) is 0 Å². The first-order valence-electron chi connectivity index (χ1n) is 7.71. The molecule has 3 N–H and O–H groups in total. The van der Waals surface area contributed by atoms with E-state index >= 15 is 0 Å². The molecule has 0 aliphatic carbocycles. The van der Waals surface area contributed by atoms with E-state index in [9.17, 15) is 14.7 Å². The fraction of sp³-hybridized carbons (Fsp3) is 0.375. The zero-order valence-electron chi connectivity index (χ0n) is 13.9. The third-order valence-electron chi connectivity index (χ3n) is 3.49. The lowest BCUT2D eigenvalue weighted by atomic mass is 10.1. The van der Waals surface area contributed by atoms with Crippen molar-refractivity contribution in [2.75, 3.05) is 6.54 Å². The minimum Gasteiger partial charge on any atom is -0.479 e. The van der Waals surface area contributed by atoms with E-state index < -0.39 is 24.0 Å². The molecule has 0 spiro atoms. The van der Waals surface area contributed by atoms with Crippen LogP contribution in [0.3, 0.4) is 0 Å². The molecule has 0 saturated carbocycles. The van der Waals surface area contributed by atoms with E-state index in [2.05, 4.69) is 15.4 Å². The summed E-state index contributed by atoms with van der Waals surface area (Å²) < 4.78 is 1.50. The number of carboxylic acids is 1. The molecule has 134 valence electrons. The smallest absolute Gasteiger partial charge is 0.337 e. The number of halogens is 1. The highest BCUT2D eigenvalue weighted by Crippen LogP contribution is 2.21. The number of hydrogen-bond acceptors (Lipinski definition) is 5. The molecule has 1 aromatic carbocycles. The van der Waals surface area contributed by atoms with Gasteiger partial charge < -0.3 is 15.5 Å². The van der Waals surface area contributed by atoms with Crippen molar-refractivity contribution in [3.8, 4) is 5.69 Å². The molecule has 25 heavy (non-hydrogen) atoms. The molecule has 1 unspecified atom stereocenters. The average Bonchev–Trinajstić information content (AvgIpc) is 2.97. The van der Waals surface area contributed by atoms with Gasteiger partial charge in [-0.15, -0.1) is 5.10 Å². The highest BCUT2D eigenvalue weighted by Gasteiger charge is 2.31. The summed E-state index contributed by atoms with van der Waals surface area (Å²) in [6.45, 7) is 2.59. The monoisotopic (exact) mass is 366 g/mol. The maximum atomic E-state index is 12.2. The standard InChI is InChI=1S/C16H19ClN4O4/c1-3-6-12-19-13(14(22)18-9-16(2,25)15(23)24)20-21(12)11-8-5-4-7-10(11)17/h4-5,7-8,25H,3,6,9H2,1-2H3,(H,18,22)(H,23,24). The predicted molar refractivity (Wildman–Crippen MR) is 91.0 cm³/mol. The summed E-state index contributed by atoms with van der Waals surface area (Å²) in [6, 6.07) is 7.04. The summed E-state index contributed by atoms with van der Waals surface area (Å²) >= 11 is 6.19. The molecule has 1 amide bonds. The minimum absolute atomic E-state index is 0.121. The van der Waals surface area contributed by atoms with E-state index in [4.69, 9.17) is 16.7 Å². The number of amides is 1. The van der Waals surface area contributed by atoms with Crippen molar-refractivity contribution in [3.05, 3.63) is 40.9 Å². The maximum absolute atomic E-state index is 12.2. The number of nitrogens with one attached hydrogen (secondary N) is 1. The normalized spacial score (nSPS) is 13.3. The van der Waals surface area contributed by atoms with Crippen LogP contribution in [0.15, 0.2) is 24.3 Å². The van der Waals surface area contributed by atoms with Crippen LogP contribution in [0.5, 0.6) is 0 Å². The number of carbonyl (C=O) groups excluding carboxylic acids is 1. The Morgan fingerprint density at radius 3 is 2.64 bits per heavy atom. The van der Waals surface area contributed by atoms with E-state index in [0.717, 1.165) is 13.3 Å². The number of nitrogens with zero attached hydrogens (tertiary/aromatic N) is 3. The second kappa shape index (κ2) is 7.62. The first-order chi connectivity index (χ1) is 11.8. The molecule has 0 fully saturated rings. The Hall–Kier alpha value is -2.45. The summed E-state index contributed by atoms with van der Waals surface area (Å²) in [4.78, 5) is 27.3. The topological polar surface area (TPSA) is 117 Å². The third-order valence-corrected chi connectivity index (χ3v) is 3.81. The maximum Gasteiger partial charge on any atom is 0.337 e. The van der Waals surface area contributed by atoms with Gasteiger partial charge in [0.15, 0.2) is 5.60 Å². The second-order valence-corrected chi connectivity index (χ2v) is 6.13. The third kappa shape index (κ3) is 4.34. The van der Waals surface area contributed by atoms with Crippen LogP contribution in [-0.4, -0.2) is 49.0 Å². The van der Waals surface area contributed by atoms with Gasteiger partial charge in [-0.25, -0.2) is 14.5 Å². The second-order valence-electron chi connectivity index (χ2n) is 5.73. The number of carbonyl (C=O) groups is 2. The van der Waals surface area contributed by atoms with E-state index in [1.807, 2.05) is 6.92 Å². The average molecular weight is 367 g/mol. The quantitative estimate of drug-likeness (QED) is 0.682. The number of aryl methyl sites for hydroxylation is 1. The number of aliphatic carboxylic acids is 1. The Labute approximate surface area is 149 Å². The zero-order valence-corrected chi connectivity index (χ0v) is 14.6. The van der Waals surface area contributed by atoms with Crippen molar-refractivity contribution >= 4 is 23.5 Å². The van der Waals surface area contributed by atoms with Crippen molar-refractivity contribution in [2.45, 2.75) is 32.3 Å². The summed E-state index contributed by atoms with van der Waals surface area (Å²) in [5, 5.41) is 25.5. The highest BCUT2D eigenvalue weighted by atomic mass is 35.5. The number of benzene rings is 1. The fourth-order valence-electron chi connectivity index (χ4n) is 2.05. The van der Waals surface area contributed by atoms with Gasteiger partial charge in [-0.1, -0.05) is 30.7 Å². The SMILES string of the molecule is CCCc1nc(C(=O)NCC(C)(O)C(=O)O)nn1-c1ccccc1Cl. The molecule has 8 nitrogen and oxygen atoms in total. The molecular weight excluding hydrogens is 348 g/mol. The summed E-state index contributed by atoms with van der Waals surface area (Å²) in [5.74, 6) is -1.67. The van der Waals surface area contributed by atoms with Gasteiger partial charge in [-0.2, -0.15) is 0 Å². The molecule has 0 aliphatic heterocycles. The van der Waals surface area contributed by atoms with Gasteiger partial charge in [-0.3, -0.25) is 4.79 Å². The largest absolute Gasteiger partial charge is 0.479 e. The molecule has 9 heteroatoms. The molecule has 1 aromatic heterocycles. The lowest BCUT2D eigenvalue weighted by Crippen LogP contribution is -2.46. The number of carboxylic acid groups (broad SMARTS) is 1. The van der Waals surface area contributed by atoms with Crippen LogP contribution in [-0.2, 0) is 11.2 Å². The van der Waals surface area contributed by atoms with Crippen LogP contribution in [0, 0.1) is 0 Å². The van der Waals surface area contributed by atoms with Crippen molar-refractivity contribution in [3.63, 3.8) is 0 Å². The molecule has 1 atom stereocenters. The molecular formula is C16H19ClN4O4. The molecule has 1 heterocycles. The van der Waals surface area contributed by atoms with E-state index in [1.54, 1.807) is 24.3 Å². The van der Waals surface area contributed by atoms with Gasteiger partial charge in [0.2, 0.25) is 5.82 Å². The number of aliphatic hydroxyl groups is 1. The van der Waals surface area contributed by atoms with Crippen LogP contribution in [0.4, 0.5) is 0 Å². The first kappa shape index (κ1) is 18.9. The molecule has 0 saturated heterocycles. The molecule has 0 bridgehead atoms. The van der Waals surface area contributed by atoms with E-state index in [0.29, 0.717) is 23.0 Å². The molecule has 0 aliphatic rings. The number of rotatable bonds is 7. The fourth-order valence-corrected chi connectivity index (χ4v) is 2.27. The zero-order chi connectivity index (χ0) is 18.6. The first-order valence-corrected chi connectivity index (χ1v) is 8.09. The van der Waals surface area contributed by atoms with Crippen LogP contribution >= 0.6 is 11.6 Å². The van der Waals surface area contributed by atoms with Crippen molar-refractivity contribution < 1.29 is 19.8 Å².